The summed E-state index contributed by atoms with van der Waals surface area (Å²) in [4.78, 5) is 21.4. The summed E-state index contributed by atoms with van der Waals surface area (Å²) in [5.74, 6) is -1.69. The van der Waals surface area contributed by atoms with Crippen LogP contribution in [-0.2, 0) is 19.6 Å². The van der Waals surface area contributed by atoms with Gasteiger partial charge in [0.15, 0.2) is 0 Å². The van der Waals surface area contributed by atoms with E-state index in [1.807, 2.05) is 0 Å². The number of aliphatic carboxylic acids is 1. The Morgan fingerprint density at radius 3 is 2.35 bits per heavy atom. The van der Waals surface area contributed by atoms with E-state index >= 15 is 0 Å². The first-order chi connectivity index (χ1) is 7.83. The largest absolute Gasteiger partial charge is 0.481 e. The van der Waals surface area contributed by atoms with Crippen molar-refractivity contribution >= 4 is 21.9 Å². The summed E-state index contributed by atoms with van der Waals surface area (Å²) in [6.45, 7) is 1.57. The number of likely N-dealkylation sites (N-methyl/N-ethyl adjacent to an activating group) is 2. The minimum atomic E-state index is -3.56. The molecule has 0 aromatic heterocycles. The molecule has 0 saturated heterocycles. The number of nitrogens with zero attached hydrogens (tertiary/aromatic N) is 1. The van der Waals surface area contributed by atoms with E-state index in [1.165, 1.54) is 7.05 Å². The van der Waals surface area contributed by atoms with Crippen LogP contribution in [0.3, 0.4) is 0 Å². The molecule has 0 aromatic rings. The number of rotatable bonds is 8. The second kappa shape index (κ2) is 7.23. The van der Waals surface area contributed by atoms with Crippen LogP contribution in [0, 0.1) is 0 Å². The first-order valence-corrected chi connectivity index (χ1v) is 6.84. The van der Waals surface area contributed by atoms with Gasteiger partial charge < -0.3 is 10.4 Å². The van der Waals surface area contributed by atoms with Crippen molar-refractivity contribution in [2.45, 2.75) is 19.8 Å². The highest BCUT2D eigenvalue weighted by molar-refractivity contribution is 7.89. The molecular formula is C9H18N2O5S. The zero-order valence-electron chi connectivity index (χ0n) is 9.97. The topological polar surface area (TPSA) is 104 Å². The molecule has 0 bridgehead atoms. The lowest BCUT2D eigenvalue weighted by molar-refractivity contribution is -0.137. The predicted molar refractivity (Wildman–Crippen MR) is 62.0 cm³/mol. The second-order valence-corrected chi connectivity index (χ2v) is 5.50. The van der Waals surface area contributed by atoms with Crippen molar-refractivity contribution in [3.63, 3.8) is 0 Å². The average Bonchev–Trinajstić information content (AvgIpc) is 2.24. The molecule has 17 heavy (non-hydrogen) atoms. The van der Waals surface area contributed by atoms with Gasteiger partial charge in [-0.2, -0.15) is 4.31 Å². The smallest absolute Gasteiger partial charge is 0.303 e. The summed E-state index contributed by atoms with van der Waals surface area (Å²) in [6.07, 6.45) is -0.154. The summed E-state index contributed by atoms with van der Waals surface area (Å²) in [6, 6.07) is 0. The molecule has 0 aliphatic heterocycles. The third-order valence-corrected chi connectivity index (χ3v) is 4.12. The van der Waals surface area contributed by atoms with Crippen LogP contribution in [0.5, 0.6) is 0 Å². The van der Waals surface area contributed by atoms with Gasteiger partial charge in [0, 0.05) is 20.0 Å². The molecule has 8 heteroatoms. The maximum Gasteiger partial charge on any atom is 0.303 e. The van der Waals surface area contributed by atoms with Crippen molar-refractivity contribution in [1.29, 1.82) is 0 Å². The highest BCUT2D eigenvalue weighted by Crippen LogP contribution is 2.04. The molecule has 0 aromatic carbocycles. The molecular weight excluding hydrogens is 248 g/mol. The minimum absolute atomic E-state index is 0.0436. The fourth-order valence-electron chi connectivity index (χ4n) is 1.18. The molecule has 0 aliphatic carbocycles. The fraction of sp³-hybridized carbons (Fsp3) is 0.778. The van der Waals surface area contributed by atoms with E-state index in [1.54, 1.807) is 6.92 Å². The van der Waals surface area contributed by atoms with Gasteiger partial charge in [-0.15, -0.1) is 0 Å². The summed E-state index contributed by atoms with van der Waals surface area (Å²) in [5.41, 5.74) is 0. The molecule has 0 unspecified atom stereocenters. The predicted octanol–water partition coefficient (Wildman–Crippen LogP) is -0.751. The van der Waals surface area contributed by atoms with E-state index in [-0.39, 0.29) is 31.7 Å². The number of carboxylic acids is 1. The van der Waals surface area contributed by atoms with Gasteiger partial charge in [-0.3, -0.25) is 9.59 Å². The zero-order valence-corrected chi connectivity index (χ0v) is 10.8. The van der Waals surface area contributed by atoms with Gasteiger partial charge in [0.25, 0.3) is 0 Å². The monoisotopic (exact) mass is 266 g/mol. The number of sulfonamides is 1. The van der Waals surface area contributed by atoms with Crippen LogP contribution in [0.2, 0.25) is 0 Å². The first kappa shape index (κ1) is 15.9. The molecule has 100 valence electrons. The quantitative estimate of drug-likeness (QED) is 0.601. The Morgan fingerprint density at radius 1 is 1.35 bits per heavy atom. The fourth-order valence-corrected chi connectivity index (χ4v) is 2.66. The third-order valence-electron chi connectivity index (χ3n) is 2.14. The van der Waals surface area contributed by atoms with Crippen molar-refractivity contribution in [3.8, 4) is 0 Å². The second-order valence-electron chi connectivity index (χ2n) is 3.41. The van der Waals surface area contributed by atoms with Crippen LogP contribution in [0.1, 0.15) is 19.8 Å². The van der Waals surface area contributed by atoms with Gasteiger partial charge in [-0.1, -0.05) is 6.92 Å². The molecule has 7 nitrogen and oxygen atoms in total. The van der Waals surface area contributed by atoms with Gasteiger partial charge in [0.1, 0.15) is 0 Å². The van der Waals surface area contributed by atoms with Crippen LogP contribution < -0.4 is 5.32 Å². The lowest BCUT2D eigenvalue weighted by atomic mass is 10.3. The maximum absolute atomic E-state index is 11.7. The molecule has 0 spiro atoms. The van der Waals surface area contributed by atoms with E-state index in [4.69, 9.17) is 5.11 Å². The number of hydrogen-bond donors (Lipinski definition) is 2. The Kier molecular flexibility index (Phi) is 6.74. The Bertz CT molecular complexity index is 366. The Hall–Kier alpha value is -1.15. The summed E-state index contributed by atoms with van der Waals surface area (Å²) in [7, 11) is -2.14. The van der Waals surface area contributed by atoms with Gasteiger partial charge in [-0.25, -0.2) is 8.42 Å². The highest BCUT2D eigenvalue weighted by Gasteiger charge is 2.22. The third kappa shape index (κ3) is 6.22. The SMILES string of the molecule is CCN(CC(=O)NC)S(=O)(=O)CCCC(=O)O. The number of carbonyl (C=O) groups is 2. The van der Waals surface area contributed by atoms with Crippen molar-refractivity contribution in [1.82, 2.24) is 9.62 Å². The number of carbonyl (C=O) groups excluding carboxylic acids is 1. The van der Waals surface area contributed by atoms with Crippen LogP contribution in [0.15, 0.2) is 0 Å². The molecule has 1 amide bonds. The molecule has 0 aliphatic rings. The van der Waals surface area contributed by atoms with Crippen LogP contribution in [0.4, 0.5) is 0 Å². The molecule has 0 atom stereocenters. The Balaban J connectivity index is 4.42. The highest BCUT2D eigenvalue weighted by atomic mass is 32.2. The molecule has 2 N–H and O–H groups in total. The number of carboxylic acid groups (broad SMARTS) is 1. The van der Waals surface area contributed by atoms with Crippen LogP contribution in [-0.4, -0.2) is 55.6 Å². The number of hydrogen-bond acceptors (Lipinski definition) is 4. The standard InChI is InChI=1S/C9H18N2O5S/c1-3-11(7-8(12)10-2)17(15,16)6-4-5-9(13)14/h3-7H2,1-2H3,(H,10,12)(H,13,14). The summed E-state index contributed by atoms with van der Waals surface area (Å²) < 4.78 is 24.5. The van der Waals surface area contributed by atoms with Crippen molar-refractivity contribution in [2.75, 3.05) is 25.9 Å². The average molecular weight is 266 g/mol. The van der Waals surface area contributed by atoms with Crippen LogP contribution >= 0.6 is 0 Å². The van der Waals surface area contributed by atoms with E-state index in [2.05, 4.69) is 5.32 Å². The number of amides is 1. The normalized spacial score (nSPS) is 11.5. The van der Waals surface area contributed by atoms with E-state index < -0.39 is 21.9 Å². The molecule has 0 saturated carbocycles. The van der Waals surface area contributed by atoms with Crippen LogP contribution in [0.25, 0.3) is 0 Å². The van der Waals surface area contributed by atoms with Crippen molar-refractivity contribution in [2.24, 2.45) is 0 Å². The summed E-state index contributed by atoms with van der Waals surface area (Å²) in [5, 5.41) is 10.8. The molecule has 0 rings (SSSR count). The lowest BCUT2D eigenvalue weighted by Crippen LogP contribution is -2.40. The van der Waals surface area contributed by atoms with Gasteiger partial charge in [0.2, 0.25) is 15.9 Å². The van der Waals surface area contributed by atoms with Gasteiger partial charge in [-0.05, 0) is 6.42 Å². The Labute approximate surface area is 101 Å². The van der Waals surface area contributed by atoms with Gasteiger partial charge >= 0.3 is 5.97 Å². The minimum Gasteiger partial charge on any atom is -0.481 e. The first-order valence-electron chi connectivity index (χ1n) is 5.23. The molecule has 0 radical (unpaired) electrons. The van der Waals surface area contributed by atoms with E-state index in [9.17, 15) is 18.0 Å². The van der Waals surface area contributed by atoms with E-state index in [0.717, 1.165) is 4.31 Å². The van der Waals surface area contributed by atoms with Crippen molar-refractivity contribution < 1.29 is 23.1 Å². The molecule has 0 fully saturated rings. The maximum atomic E-state index is 11.7. The number of nitrogens with one attached hydrogen (secondary N) is 1. The lowest BCUT2D eigenvalue weighted by Gasteiger charge is -2.19. The Morgan fingerprint density at radius 2 is 1.94 bits per heavy atom. The van der Waals surface area contributed by atoms with Crippen molar-refractivity contribution in [3.05, 3.63) is 0 Å². The molecule has 0 heterocycles. The zero-order chi connectivity index (χ0) is 13.5. The van der Waals surface area contributed by atoms with Gasteiger partial charge in [0.05, 0.1) is 12.3 Å². The van der Waals surface area contributed by atoms with E-state index in [0.29, 0.717) is 0 Å². The summed E-state index contributed by atoms with van der Waals surface area (Å²) >= 11 is 0.